The van der Waals surface area contributed by atoms with Crippen molar-refractivity contribution in [3.63, 3.8) is 0 Å². The van der Waals surface area contributed by atoms with Gasteiger partial charge in [0.1, 0.15) is 0 Å². The van der Waals surface area contributed by atoms with Crippen LogP contribution >= 0.6 is 0 Å². The molecule has 1 unspecified atom stereocenters. The van der Waals surface area contributed by atoms with E-state index in [0.29, 0.717) is 12.5 Å². The number of carbonyl (C=O) groups excluding carboxylic acids is 1. The highest BCUT2D eigenvalue weighted by Gasteiger charge is 2.13. The van der Waals surface area contributed by atoms with Gasteiger partial charge < -0.3 is 10.6 Å². The Kier molecular flexibility index (Phi) is 5.35. The number of likely N-dealkylation sites (N-methyl/N-ethyl adjacent to an activating group) is 1. The van der Waals surface area contributed by atoms with E-state index < -0.39 is 6.04 Å². The van der Waals surface area contributed by atoms with Crippen LogP contribution < -0.4 is 5.73 Å². The van der Waals surface area contributed by atoms with Crippen molar-refractivity contribution >= 4 is 5.91 Å². The Hall–Kier alpha value is -1.35. The third kappa shape index (κ3) is 4.49. The van der Waals surface area contributed by atoms with Crippen molar-refractivity contribution in [2.24, 2.45) is 11.7 Å². The van der Waals surface area contributed by atoms with Gasteiger partial charge in [-0.1, -0.05) is 38.1 Å². The lowest BCUT2D eigenvalue weighted by atomic mass is 10.0. The van der Waals surface area contributed by atoms with E-state index >= 15 is 0 Å². The summed E-state index contributed by atoms with van der Waals surface area (Å²) in [5.41, 5.74) is 8.06. The molecular formula is C15H24N2O. The zero-order valence-electron chi connectivity index (χ0n) is 11.8. The largest absolute Gasteiger partial charge is 0.340 e. The molecule has 1 aromatic rings. The molecule has 1 atom stereocenters. The summed E-state index contributed by atoms with van der Waals surface area (Å²) < 4.78 is 0. The fourth-order valence-corrected chi connectivity index (χ4v) is 1.95. The van der Waals surface area contributed by atoms with E-state index in [2.05, 4.69) is 38.1 Å². The van der Waals surface area contributed by atoms with Gasteiger partial charge in [0.25, 0.3) is 0 Å². The molecule has 0 fully saturated rings. The van der Waals surface area contributed by atoms with Gasteiger partial charge in [0.05, 0.1) is 6.04 Å². The van der Waals surface area contributed by atoms with Gasteiger partial charge in [-0.05, 0) is 30.4 Å². The second-order valence-corrected chi connectivity index (χ2v) is 5.40. The van der Waals surface area contributed by atoms with Crippen LogP contribution in [0, 0.1) is 5.92 Å². The molecule has 0 heterocycles. The number of amides is 1. The summed E-state index contributed by atoms with van der Waals surface area (Å²) in [5, 5.41) is 0. The van der Waals surface area contributed by atoms with E-state index in [-0.39, 0.29) is 5.91 Å². The lowest BCUT2D eigenvalue weighted by Gasteiger charge is -2.19. The second kappa shape index (κ2) is 6.55. The normalized spacial score (nSPS) is 12.6. The van der Waals surface area contributed by atoms with E-state index in [0.717, 1.165) is 12.0 Å². The van der Waals surface area contributed by atoms with Gasteiger partial charge in [-0.25, -0.2) is 0 Å². The molecule has 0 aromatic heterocycles. The number of nitrogens with two attached hydrogens (primary N) is 1. The molecular weight excluding hydrogens is 224 g/mol. The lowest BCUT2D eigenvalue weighted by molar-refractivity contribution is -0.131. The van der Waals surface area contributed by atoms with Crippen molar-refractivity contribution < 1.29 is 4.79 Å². The van der Waals surface area contributed by atoms with Crippen molar-refractivity contribution in [1.82, 2.24) is 4.90 Å². The Balaban J connectivity index is 2.61. The van der Waals surface area contributed by atoms with Crippen molar-refractivity contribution in [1.29, 1.82) is 0 Å². The molecule has 1 amide bonds. The first kappa shape index (κ1) is 14.7. The summed E-state index contributed by atoms with van der Waals surface area (Å²) in [4.78, 5) is 13.3. The molecule has 0 spiro atoms. The minimum atomic E-state index is -0.435. The molecule has 3 heteroatoms. The van der Waals surface area contributed by atoms with E-state index in [4.69, 9.17) is 5.73 Å². The average Bonchev–Trinajstić information content (AvgIpc) is 2.29. The van der Waals surface area contributed by atoms with Crippen molar-refractivity contribution in [2.75, 3.05) is 7.05 Å². The molecule has 1 aromatic carbocycles. The monoisotopic (exact) mass is 248 g/mol. The maximum absolute atomic E-state index is 11.7. The average molecular weight is 248 g/mol. The molecule has 18 heavy (non-hydrogen) atoms. The first-order valence-corrected chi connectivity index (χ1v) is 6.48. The van der Waals surface area contributed by atoms with Gasteiger partial charge in [0.15, 0.2) is 0 Å². The SMILES string of the molecule is CC(C)Cc1ccc(CN(C)C(=O)C(C)N)cc1. The fourth-order valence-electron chi connectivity index (χ4n) is 1.95. The highest BCUT2D eigenvalue weighted by atomic mass is 16.2. The van der Waals surface area contributed by atoms with Crippen LogP contribution in [0.15, 0.2) is 24.3 Å². The topological polar surface area (TPSA) is 46.3 Å². The van der Waals surface area contributed by atoms with E-state index in [1.54, 1.807) is 18.9 Å². The third-order valence-corrected chi connectivity index (χ3v) is 2.85. The molecule has 0 saturated carbocycles. The van der Waals surface area contributed by atoms with Gasteiger partial charge in [0.2, 0.25) is 5.91 Å². The first-order chi connectivity index (χ1) is 8.40. The summed E-state index contributed by atoms with van der Waals surface area (Å²) in [5.74, 6) is 0.638. The van der Waals surface area contributed by atoms with Crippen LogP contribution in [-0.4, -0.2) is 23.9 Å². The third-order valence-electron chi connectivity index (χ3n) is 2.85. The number of benzene rings is 1. The summed E-state index contributed by atoms with van der Waals surface area (Å²) in [6, 6.07) is 8.01. The highest BCUT2D eigenvalue weighted by molar-refractivity contribution is 5.80. The summed E-state index contributed by atoms with van der Waals surface area (Å²) in [6.45, 7) is 6.75. The van der Waals surface area contributed by atoms with Crippen molar-refractivity contribution in [3.05, 3.63) is 35.4 Å². The van der Waals surface area contributed by atoms with Gasteiger partial charge in [-0.2, -0.15) is 0 Å². The van der Waals surface area contributed by atoms with Crippen LogP contribution in [0.25, 0.3) is 0 Å². The van der Waals surface area contributed by atoms with Crippen LogP contribution in [-0.2, 0) is 17.8 Å². The zero-order valence-corrected chi connectivity index (χ0v) is 11.8. The molecule has 0 bridgehead atoms. The smallest absolute Gasteiger partial charge is 0.239 e. The van der Waals surface area contributed by atoms with Gasteiger partial charge >= 0.3 is 0 Å². The predicted octanol–water partition coefficient (Wildman–Crippen LogP) is 2.19. The molecule has 1 rings (SSSR count). The molecule has 2 N–H and O–H groups in total. The van der Waals surface area contributed by atoms with E-state index in [1.165, 1.54) is 5.56 Å². The van der Waals surface area contributed by atoms with Gasteiger partial charge in [0, 0.05) is 13.6 Å². The van der Waals surface area contributed by atoms with E-state index in [9.17, 15) is 4.79 Å². The van der Waals surface area contributed by atoms with Crippen LogP contribution in [0.3, 0.4) is 0 Å². The van der Waals surface area contributed by atoms with Crippen molar-refractivity contribution in [3.8, 4) is 0 Å². The predicted molar refractivity (Wildman–Crippen MR) is 75.1 cm³/mol. The standard InChI is InChI=1S/C15H24N2O/c1-11(2)9-13-5-7-14(8-6-13)10-17(4)15(18)12(3)16/h5-8,11-12H,9-10,16H2,1-4H3. The van der Waals surface area contributed by atoms with Gasteiger partial charge in [-0.15, -0.1) is 0 Å². The quantitative estimate of drug-likeness (QED) is 0.868. The zero-order chi connectivity index (χ0) is 13.7. The summed E-state index contributed by atoms with van der Waals surface area (Å²) >= 11 is 0. The highest BCUT2D eigenvalue weighted by Crippen LogP contribution is 2.11. The molecule has 3 nitrogen and oxygen atoms in total. The van der Waals surface area contributed by atoms with Crippen LogP contribution in [0.2, 0.25) is 0 Å². The maximum Gasteiger partial charge on any atom is 0.239 e. The number of rotatable bonds is 5. The minimum Gasteiger partial charge on any atom is -0.340 e. The first-order valence-electron chi connectivity index (χ1n) is 6.48. The lowest BCUT2D eigenvalue weighted by Crippen LogP contribution is -2.39. The number of hydrogen-bond donors (Lipinski definition) is 1. The number of carbonyl (C=O) groups is 1. The van der Waals surface area contributed by atoms with Crippen LogP contribution in [0.1, 0.15) is 31.9 Å². The Morgan fingerprint density at radius 3 is 2.11 bits per heavy atom. The molecule has 0 radical (unpaired) electrons. The Labute approximate surface area is 110 Å². The maximum atomic E-state index is 11.7. The van der Waals surface area contributed by atoms with Gasteiger partial charge in [-0.3, -0.25) is 4.79 Å². The Morgan fingerprint density at radius 2 is 1.67 bits per heavy atom. The molecule has 0 aliphatic rings. The number of nitrogens with zero attached hydrogens (tertiary/aromatic N) is 1. The van der Waals surface area contributed by atoms with E-state index in [1.807, 2.05) is 0 Å². The minimum absolute atomic E-state index is 0.0266. The number of hydrogen-bond acceptors (Lipinski definition) is 2. The Morgan fingerprint density at radius 1 is 1.17 bits per heavy atom. The molecule has 100 valence electrons. The molecule has 0 saturated heterocycles. The fraction of sp³-hybridized carbons (Fsp3) is 0.533. The molecule has 0 aliphatic heterocycles. The summed E-state index contributed by atoms with van der Waals surface area (Å²) in [6.07, 6.45) is 1.09. The second-order valence-electron chi connectivity index (χ2n) is 5.40. The van der Waals surface area contributed by atoms with Crippen molar-refractivity contribution in [2.45, 2.75) is 39.8 Å². The van der Waals surface area contributed by atoms with Crippen LogP contribution in [0.4, 0.5) is 0 Å². The Bertz CT molecular complexity index is 382. The summed E-state index contributed by atoms with van der Waals surface area (Å²) in [7, 11) is 1.79. The van der Waals surface area contributed by atoms with Crippen LogP contribution in [0.5, 0.6) is 0 Å². The molecule has 0 aliphatic carbocycles.